The molecule has 8 heteroatoms. The molecular weight excluding hydrogens is 324 g/mol. The van der Waals surface area contributed by atoms with Crippen molar-refractivity contribution in [3.05, 3.63) is 33.6 Å². The molecule has 1 aliphatic heterocycles. The first-order chi connectivity index (χ1) is 9.88. The molecule has 114 valence electrons. The van der Waals surface area contributed by atoms with Crippen LogP contribution in [0.4, 0.5) is 4.39 Å². The molecule has 1 aromatic rings. The number of amides is 1. The van der Waals surface area contributed by atoms with Crippen LogP contribution in [-0.4, -0.2) is 35.7 Å². The summed E-state index contributed by atoms with van der Waals surface area (Å²) in [6.07, 6.45) is -0.305. The van der Waals surface area contributed by atoms with Gasteiger partial charge < -0.3 is 15.2 Å². The lowest BCUT2D eigenvalue weighted by molar-refractivity contribution is -0.149. The first-order valence-corrected chi connectivity index (χ1v) is 6.95. The number of carbonyl (C=O) groups is 2. The van der Waals surface area contributed by atoms with Gasteiger partial charge in [0, 0.05) is 6.54 Å². The molecule has 1 aromatic carbocycles. The van der Waals surface area contributed by atoms with Crippen LogP contribution in [0.2, 0.25) is 10.0 Å². The molecule has 1 aliphatic rings. The van der Waals surface area contributed by atoms with Crippen molar-refractivity contribution in [3.63, 3.8) is 0 Å². The lowest BCUT2D eigenvalue weighted by Crippen LogP contribution is -2.33. The lowest BCUT2D eigenvalue weighted by atomic mass is 10.1. The zero-order chi connectivity index (χ0) is 15.6. The Kier molecular flexibility index (Phi) is 5.03. The van der Waals surface area contributed by atoms with Crippen molar-refractivity contribution in [2.24, 2.45) is 0 Å². The zero-order valence-corrected chi connectivity index (χ0v) is 12.2. The Morgan fingerprint density at radius 2 is 2.05 bits per heavy atom. The number of carboxylic acids is 1. The average Bonchev–Trinajstić information content (AvgIpc) is 2.89. The molecule has 0 saturated carbocycles. The molecule has 5 nitrogen and oxygen atoms in total. The van der Waals surface area contributed by atoms with Crippen molar-refractivity contribution >= 4 is 35.1 Å². The number of carbonyl (C=O) groups excluding carboxylic acids is 1. The maximum Gasteiger partial charge on any atom is 0.332 e. The van der Waals surface area contributed by atoms with E-state index in [0.717, 1.165) is 12.1 Å². The zero-order valence-electron chi connectivity index (χ0n) is 10.7. The quantitative estimate of drug-likeness (QED) is 0.829. The van der Waals surface area contributed by atoms with E-state index in [4.69, 9.17) is 33.0 Å². The van der Waals surface area contributed by atoms with Crippen LogP contribution in [0.25, 0.3) is 0 Å². The van der Waals surface area contributed by atoms with E-state index in [-0.39, 0.29) is 28.3 Å². The van der Waals surface area contributed by atoms with E-state index in [1.165, 1.54) is 0 Å². The van der Waals surface area contributed by atoms with Gasteiger partial charge in [0.25, 0.3) is 5.91 Å². The number of hydrogen-bond donors (Lipinski definition) is 2. The van der Waals surface area contributed by atoms with E-state index in [1.54, 1.807) is 0 Å². The fourth-order valence-electron chi connectivity index (χ4n) is 2.04. The third kappa shape index (κ3) is 3.84. The SMILES string of the molecule is O=C(NCC1CCC(C(=O)O)O1)c1cc(F)c(Cl)cc1Cl. The molecule has 1 amide bonds. The van der Waals surface area contributed by atoms with Gasteiger partial charge in [0.05, 0.1) is 21.7 Å². The highest BCUT2D eigenvalue weighted by molar-refractivity contribution is 6.36. The maximum absolute atomic E-state index is 13.3. The maximum atomic E-state index is 13.3. The van der Waals surface area contributed by atoms with Crippen molar-refractivity contribution < 1.29 is 23.8 Å². The Labute approximate surface area is 130 Å². The minimum atomic E-state index is -1.02. The smallest absolute Gasteiger partial charge is 0.332 e. The van der Waals surface area contributed by atoms with Crippen LogP contribution in [0.1, 0.15) is 23.2 Å². The second kappa shape index (κ2) is 6.60. The lowest BCUT2D eigenvalue weighted by Gasteiger charge is -2.13. The fraction of sp³-hybridized carbons (Fsp3) is 0.385. The standard InChI is InChI=1S/C13H12Cl2FNO4/c14-8-4-9(15)10(16)3-7(8)12(18)17-5-6-1-2-11(21-6)13(19)20/h3-4,6,11H,1-2,5H2,(H,17,18)(H,19,20). The van der Waals surface area contributed by atoms with Crippen LogP contribution in [-0.2, 0) is 9.53 Å². The van der Waals surface area contributed by atoms with Gasteiger partial charge in [-0.15, -0.1) is 0 Å². The number of carboxylic acid groups (broad SMARTS) is 1. The van der Waals surface area contributed by atoms with Crippen LogP contribution >= 0.6 is 23.2 Å². The predicted molar refractivity (Wildman–Crippen MR) is 74.3 cm³/mol. The van der Waals surface area contributed by atoms with Gasteiger partial charge in [-0.25, -0.2) is 9.18 Å². The summed E-state index contributed by atoms with van der Waals surface area (Å²) in [5.74, 6) is -2.33. The molecule has 0 bridgehead atoms. The number of hydrogen-bond acceptors (Lipinski definition) is 3. The molecule has 1 fully saturated rings. The highest BCUT2D eigenvalue weighted by Gasteiger charge is 2.30. The van der Waals surface area contributed by atoms with Crippen LogP contribution in [0.15, 0.2) is 12.1 Å². The van der Waals surface area contributed by atoms with Gasteiger partial charge in [0.15, 0.2) is 6.10 Å². The van der Waals surface area contributed by atoms with Crippen molar-refractivity contribution in [2.45, 2.75) is 25.0 Å². The van der Waals surface area contributed by atoms with Gasteiger partial charge in [-0.05, 0) is 25.0 Å². The summed E-state index contributed by atoms with van der Waals surface area (Å²) in [5.41, 5.74) is -0.0358. The largest absolute Gasteiger partial charge is 0.479 e. The van der Waals surface area contributed by atoms with E-state index < -0.39 is 23.8 Å². The first kappa shape index (κ1) is 16.0. The van der Waals surface area contributed by atoms with Gasteiger partial charge in [0.2, 0.25) is 0 Å². The highest BCUT2D eigenvalue weighted by Crippen LogP contribution is 2.24. The summed E-state index contributed by atoms with van der Waals surface area (Å²) in [7, 11) is 0. The Morgan fingerprint density at radius 1 is 1.33 bits per heavy atom. The van der Waals surface area contributed by atoms with E-state index in [0.29, 0.717) is 12.8 Å². The molecule has 2 unspecified atom stereocenters. The molecule has 0 radical (unpaired) electrons. The molecular formula is C13H12Cl2FNO4. The Bertz CT molecular complexity index is 582. The van der Waals surface area contributed by atoms with Gasteiger partial charge in [0.1, 0.15) is 5.82 Å². The van der Waals surface area contributed by atoms with Crippen molar-refractivity contribution in [1.29, 1.82) is 0 Å². The minimum Gasteiger partial charge on any atom is -0.479 e. The Hall–Kier alpha value is -1.37. The molecule has 1 saturated heterocycles. The number of ether oxygens (including phenoxy) is 1. The predicted octanol–water partition coefficient (Wildman–Crippen LogP) is 2.49. The molecule has 1 heterocycles. The van der Waals surface area contributed by atoms with E-state index in [1.807, 2.05) is 0 Å². The first-order valence-electron chi connectivity index (χ1n) is 6.19. The monoisotopic (exact) mass is 335 g/mol. The summed E-state index contributed by atoms with van der Waals surface area (Å²) < 4.78 is 18.6. The second-order valence-electron chi connectivity index (χ2n) is 4.62. The summed E-state index contributed by atoms with van der Waals surface area (Å²) >= 11 is 11.4. The molecule has 2 rings (SSSR count). The van der Waals surface area contributed by atoms with Gasteiger partial charge in [-0.2, -0.15) is 0 Å². The summed E-state index contributed by atoms with van der Waals surface area (Å²) in [5, 5.41) is 11.2. The third-order valence-electron chi connectivity index (χ3n) is 3.13. The Morgan fingerprint density at radius 3 is 2.67 bits per heavy atom. The van der Waals surface area contributed by atoms with E-state index in [2.05, 4.69) is 5.32 Å². The van der Waals surface area contributed by atoms with Crippen LogP contribution in [0.3, 0.4) is 0 Å². The molecule has 2 atom stereocenters. The van der Waals surface area contributed by atoms with Crippen molar-refractivity contribution in [2.75, 3.05) is 6.54 Å². The van der Waals surface area contributed by atoms with Crippen LogP contribution in [0, 0.1) is 5.82 Å². The molecule has 21 heavy (non-hydrogen) atoms. The number of nitrogens with one attached hydrogen (secondary N) is 1. The van der Waals surface area contributed by atoms with Crippen molar-refractivity contribution in [3.8, 4) is 0 Å². The second-order valence-corrected chi connectivity index (χ2v) is 5.43. The van der Waals surface area contributed by atoms with Gasteiger partial charge >= 0.3 is 5.97 Å². The molecule has 2 N–H and O–H groups in total. The average molecular weight is 336 g/mol. The topological polar surface area (TPSA) is 75.6 Å². The van der Waals surface area contributed by atoms with Crippen LogP contribution in [0.5, 0.6) is 0 Å². The van der Waals surface area contributed by atoms with Crippen LogP contribution < -0.4 is 5.32 Å². The van der Waals surface area contributed by atoms with E-state index >= 15 is 0 Å². The third-order valence-corrected chi connectivity index (χ3v) is 3.73. The fourth-order valence-corrected chi connectivity index (χ4v) is 2.50. The highest BCUT2D eigenvalue weighted by atomic mass is 35.5. The molecule has 0 aliphatic carbocycles. The summed E-state index contributed by atoms with van der Waals surface area (Å²) in [4.78, 5) is 22.7. The van der Waals surface area contributed by atoms with Gasteiger partial charge in [-0.1, -0.05) is 23.2 Å². The number of halogens is 3. The van der Waals surface area contributed by atoms with Crippen molar-refractivity contribution in [1.82, 2.24) is 5.32 Å². The Balaban J connectivity index is 1.94. The molecule has 0 aromatic heterocycles. The number of aliphatic carboxylic acids is 1. The summed E-state index contributed by atoms with van der Waals surface area (Å²) in [6, 6.07) is 2.11. The minimum absolute atomic E-state index is 0.0358. The number of rotatable bonds is 4. The normalized spacial score (nSPS) is 21.3. The number of benzene rings is 1. The van der Waals surface area contributed by atoms with Gasteiger partial charge in [-0.3, -0.25) is 4.79 Å². The van der Waals surface area contributed by atoms with E-state index in [9.17, 15) is 14.0 Å². The molecule has 0 spiro atoms. The summed E-state index contributed by atoms with van der Waals surface area (Å²) in [6.45, 7) is 0.128.